The molecule has 1 aliphatic heterocycles. The first-order chi connectivity index (χ1) is 16.4. The van der Waals surface area contributed by atoms with Crippen LogP contribution in [0.25, 0.3) is 5.13 Å². The molecule has 0 spiro atoms. The number of hydrogen-bond donors (Lipinski definition) is 2. The molecule has 0 saturated carbocycles. The molecule has 0 aliphatic carbocycles. The maximum atomic E-state index is 11.4. The van der Waals surface area contributed by atoms with E-state index in [0.29, 0.717) is 5.11 Å². The summed E-state index contributed by atoms with van der Waals surface area (Å²) < 4.78 is 2.19. The predicted molar refractivity (Wildman–Crippen MR) is 140 cm³/mol. The van der Waals surface area contributed by atoms with Crippen LogP contribution in [0.15, 0.2) is 66.3 Å². The molecular weight excluding hydrogens is 464 g/mol. The number of amides is 1. The average molecular weight is 489 g/mol. The third-order valence-electron chi connectivity index (χ3n) is 5.96. The van der Waals surface area contributed by atoms with Crippen LogP contribution in [0.1, 0.15) is 41.7 Å². The van der Waals surface area contributed by atoms with Crippen LogP contribution >= 0.6 is 23.6 Å². The molecule has 4 heterocycles. The summed E-state index contributed by atoms with van der Waals surface area (Å²) in [5, 5.41) is 9.89. The zero-order valence-corrected chi connectivity index (χ0v) is 20.7. The van der Waals surface area contributed by atoms with Gasteiger partial charge in [0.1, 0.15) is 0 Å². The quantitative estimate of drug-likeness (QED) is 0.382. The van der Waals surface area contributed by atoms with Crippen LogP contribution in [-0.4, -0.2) is 25.6 Å². The summed E-state index contributed by atoms with van der Waals surface area (Å²) in [6.07, 6.45) is 3.63. The number of thiazole rings is 1. The molecule has 1 amide bonds. The first kappa shape index (κ1) is 22.2. The summed E-state index contributed by atoms with van der Waals surface area (Å²) in [6.45, 7) is 5.72. The van der Waals surface area contributed by atoms with Crippen molar-refractivity contribution in [3.05, 3.63) is 88.9 Å². The summed E-state index contributed by atoms with van der Waals surface area (Å²) in [5.74, 6) is -0.103. The van der Waals surface area contributed by atoms with E-state index in [1.165, 1.54) is 6.92 Å². The van der Waals surface area contributed by atoms with E-state index in [1.807, 2.05) is 54.0 Å². The zero-order valence-electron chi connectivity index (χ0n) is 19.0. The Morgan fingerprint density at radius 1 is 1.12 bits per heavy atom. The highest BCUT2D eigenvalue weighted by molar-refractivity contribution is 7.80. The number of benzene rings is 1. The van der Waals surface area contributed by atoms with Gasteiger partial charge in [-0.05, 0) is 74.1 Å². The van der Waals surface area contributed by atoms with Crippen LogP contribution in [0.4, 0.5) is 11.4 Å². The minimum atomic E-state index is -0.131. The van der Waals surface area contributed by atoms with E-state index in [9.17, 15) is 4.79 Å². The number of aromatic nitrogens is 3. The third kappa shape index (κ3) is 3.97. The number of carbonyl (C=O) groups excluding carboxylic acids is 1. The van der Waals surface area contributed by atoms with Gasteiger partial charge >= 0.3 is 0 Å². The molecule has 5 rings (SSSR count). The maximum Gasteiger partial charge on any atom is 0.221 e. The standard InChI is InChI=1S/C25H24N6OS2/c1-15-14-20(16(2)30(15)25-27-12-13-34-25)23-22(21-6-4-5-11-26-21)29-24(33)31(23)19-9-7-18(8-10-19)28-17(3)32/h4-14,22-23H,1-3H3,(H,28,32)(H,29,33)/t22-,23-/m0/s1. The number of aryl methyl sites for hydroxylation is 1. The summed E-state index contributed by atoms with van der Waals surface area (Å²) in [7, 11) is 0. The Morgan fingerprint density at radius 2 is 1.91 bits per heavy atom. The number of pyridine rings is 1. The largest absolute Gasteiger partial charge is 0.351 e. The monoisotopic (exact) mass is 488 g/mol. The number of anilines is 2. The second kappa shape index (κ2) is 9.00. The Balaban J connectivity index is 1.62. The topological polar surface area (TPSA) is 75.1 Å². The van der Waals surface area contributed by atoms with E-state index in [2.05, 4.69) is 50.0 Å². The number of nitrogens with zero attached hydrogens (tertiary/aromatic N) is 4. The van der Waals surface area contributed by atoms with Crippen molar-refractivity contribution in [2.45, 2.75) is 32.9 Å². The third-order valence-corrected chi connectivity index (χ3v) is 7.03. The van der Waals surface area contributed by atoms with E-state index in [0.717, 1.165) is 39.2 Å². The van der Waals surface area contributed by atoms with Crippen LogP contribution in [0.3, 0.4) is 0 Å². The van der Waals surface area contributed by atoms with E-state index >= 15 is 0 Å². The summed E-state index contributed by atoms with van der Waals surface area (Å²) in [4.78, 5) is 22.8. The second-order valence-electron chi connectivity index (χ2n) is 8.20. The predicted octanol–water partition coefficient (Wildman–Crippen LogP) is 5.08. The van der Waals surface area contributed by atoms with Gasteiger partial charge in [-0.1, -0.05) is 6.07 Å². The van der Waals surface area contributed by atoms with Crippen molar-refractivity contribution in [1.82, 2.24) is 19.9 Å². The van der Waals surface area contributed by atoms with Gasteiger partial charge in [0, 0.05) is 47.5 Å². The fourth-order valence-corrected chi connectivity index (χ4v) is 5.66. The molecule has 0 radical (unpaired) electrons. The van der Waals surface area contributed by atoms with Crippen LogP contribution in [0, 0.1) is 13.8 Å². The minimum Gasteiger partial charge on any atom is -0.351 e. The van der Waals surface area contributed by atoms with Crippen LogP contribution in [-0.2, 0) is 4.79 Å². The summed E-state index contributed by atoms with van der Waals surface area (Å²) >= 11 is 7.45. The van der Waals surface area contributed by atoms with Gasteiger partial charge in [-0.25, -0.2) is 4.98 Å². The Kier molecular flexibility index (Phi) is 5.89. The van der Waals surface area contributed by atoms with Gasteiger partial charge in [-0.2, -0.15) is 0 Å². The molecule has 4 aromatic rings. The van der Waals surface area contributed by atoms with E-state index < -0.39 is 0 Å². The van der Waals surface area contributed by atoms with Crippen molar-refractivity contribution in [2.75, 3.05) is 10.2 Å². The smallest absolute Gasteiger partial charge is 0.221 e. The summed E-state index contributed by atoms with van der Waals surface area (Å²) in [6, 6.07) is 15.6. The molecule has 9 heteroatoms. The number of hydrogen-bond acceptors (Lipinski definition) is 5. The number of carbonyl (C=O) groups is 1. The van der Waals surface area contributed by atoms with Crippen molar-refractivity contribution in [3.63, 3.8) is 0 Å². The van der Waals surface area contributed by atoms with Crippen molar-refractivity contribution in [3.8, 4) is 5.13 Å². The lowest BCUT2D eigenvalue weighted by atomic mass is 9.96. The number of nitrogens with one attached hydrogen (secondary N) is 2. The molecule has 2 atom stereocenters. The average Bonchev–Trinajstić information content (AvgIpc) is 3.52. The van der Waals surface area contributed by atoms with Crippen molar-refractivity contribution in [2.24, 2.45) is 0 Å². The maximum absolute atomic E-state index is 11.4. The van der Waals surface area contributed by atoms with E-state index in [4.69, 9.17) is 12.2 Å². The first-order valence-electron chi connectivity index (χ1n) is 10.9. The molecule has 0 bridgehead atoms. The first-order valence-corrected chi connectivity index (χ1v) is 12.2. The Hall–Kier alpha value is -3.56. The molecule has 1 aliphatic rings. The lowest BCUT2D eigenvalue weighted by Crippen LogP contribution is -2.29. The van der Waals surface area contributed by atoms with Gasteiger partial charge in [-0.3, -0.25) is 14.3 Å². The fraction of sp³-hybridized carbons (Fsp3) is 0.200. The zero-order chi connectivity index (χ0) is 23.8. The van der Waals surface area contributed by atoms with Gasteiger partial charge in [0.2, 0.25) is 5.91 Å². The number of rotatable bonds is 5. The molecule has 34 heavy (non-hydrogen) atoms. The highest BCUT2D eigenvalue weighted by Gasteiger charge is 2.42. The molecule has 1 saturated heterocycles. The van der Waals surface area contributed by atoms with Crippen LogP contribution in [0.2, 0.25) is 0 Å². The lowest BCUT2D eigenvalue weighted by Gasteiger charge is -2.28. The van der Waals surface area contributed by atoms with Gasteiger partial charge in [-0.15, -0.1) is 11.3 Å². The van der Waals surface area contributed by atoms with Gasteiger partial charge in [0.15, 0.2) is 10.2 Å². The Morgan fingerprint density at radius 3 is 2.56 bits per heavy atom. The fourth-order valence-electron chi connectivity index (χ4n) is 4.57. The van der Waals surface area contributed by atoms with Crippen molar-refractivity contribution >= 4 is 45.9 Å². The molecule has 3 aromatic heterocycles. The molecule has 1 fully saturated rings. The highest BCUT2D eigenvalue weighted by atomic mass is 32.1. The molecular formula is C25H24N6OS2. The van der Waals surface area contributed by atoms with Crippen LogP contribution < -0.4 is 15.5 Å². The second-order valence-corrected chi connectivity index (χ2v) is 9.46. The molecule has 7 nitrogen and oxygen atoms in total. The lowest BCUT2D eigenvalue weighted by molar-refractivity contribution is -0.114. The molecule has 172 valence electrons. The Bertz CT molecular complexity index is 1330. The Labute approximate surface area is 207 Å². The normalized spacial score (nSPS) is 17.6. The van der Waals surface area contributed by atoms with E-state index in [1.54, 1.807) is 17.5 Å². The van der Waals surface area contributed by atoms with Crippen LogP contribution in [0.5, 0.6) is 0 Å². The van der Waals surface area contributed by atoms with Gasteiger partial charge < -0.3 is 15.5 Å². The number of thiocarbonyl (C=S) groups is 1. The molecule has 2 N–H and O–H groups in total. The van der Waals surface area contributed by atoms with Crippen molar-refractivity contribution in [1.29, 1.82) is 0 Å². The SMILES string of the molecule is CC(=O)Nc1ccc(N2C(=S)N[C@@H](c3ccccn3)[C@@H]2c2cc(C)n(-c3nccs3)c2C)cc1. The van der Waals surface area contributed by atoms with Gasteiger partial charge in [0.25, 0.3) is 0 Å². The summed E-state index contributed by atoms with van der Waals surface area (Å²) in [5.41, 5.74) is 5.99. The molecule has 0 unspecified atom stereocenters. The van der Waals surface area contributed by atoms with E-state index in [-0.39, 0.29) is 18.0 Å². The highest BCUT2D eigenvalue weighted by Crippen LogP contribution is 2.44. The molecule has 1 aromatic carbocycles. The van der Waals surface area contributed by atoms with Crippen molar-refractivity contribution < 1.29 is 4.79 Å². The van der Waals surface area contributed by atoms with Gasteiger partial charge in [0.05, 0.1) is 17.8 Å². The minimum absolute atomic E-state index is 0.103.